The predicted octanol–water partition coefficient (Wildman–Crippen LogP) is 3.35. The third-order valence-electron chi connectivity index (χ3n) is 3.41. The molecule has 0 unspecified atom stereocenters. The van der Waals surface area contributed by atoms with Crippen LogP contribution in [0.3, 0.4) is 0 Å². The normalized spacial score (nSPS) is 12.2. The lowest BCUT2D eigenvalue weighted by molar-refractivity contribution is -0.139. The van der Waals surface area contributed by atoms with Gasteiger partial charge in [0.1, 0.15) is 6.04 Å². The average Bonchev–Trinajstić information content (AvgIpc) is 2.99. The molecule has 1 atom stereocenters. The minimum atomic E-state index is -1.02. The predicted molar refractivity (Wildman–Crippen MR) is 90.6 cm³/mol. The number of pyridine rings is 1. The molecule has 6 heteroatoms. The van der Waals surface area contributed by atoms with Crippen molar-refractivity contribution in [2.45, 2.75) is 33.2 Å². The Hall–Kier alpha value is -2.21. The highest BCUT2D eigenvalue weighted by Crippen LogP contribution is 2.23. The molecule has 122 valence electrons. The fraction of sp³-hybridized carbons (Fsp3) is 0.353. The molecule has 0 spiro atoms. The summed E-state index contributed by atoms with van der Waals surface area (Å²) in [7, 11) is 0. The molecule has 1 amide bonds. The minimum Gasteiger partial charge on any atom is -0.480 e. The lowest BCUT2D eigenvalue weighted by atomic mass is 10.0. The van der Waals surface area contributed by atoms with E-state index in [-0.39, 0.29) is 5.92 Å². The molecule has 2 aromatic rings. The molecule has 0 fully saturated rings. The zero-order valence-electron chi connectivity index (χ0n) is 13.4. The Morgan fingerprint density at radius 2 is 2.04 bits per heavy atom. The van der Waals surface area contributed by atoms with Crippen molar-refractivity contribution in [2.24, 2.45) is 5.92 Å². The molecule has 2 aromatic heterocycles. The van der Waals surface area contributed by atoms with E-state index in [4.69, 9.17) is 0 Å². The van der Waals surface area contributed by atoms with E-state index in [1.165, 1.54) is 0 Å². The fourth-order valence-corrected chi connectivity index (χ4v) is 2.99. The standard InChI is InChI=1S/C17H20N2O3S/c1-10(2)9-14(17(21)22)19-16(20)12-6-7-13(18-11(12)3)15-5-4-8-23-15/h4-8,10,14H,9H2,1-3H3,(H,19,20)(H,21,22)/t14-/m1/s1. The fourth-order valence-electron chi connectivity index (χ4n) is 2.29. The molecular weight excluding hydrogens is 312 g/mol. The summed E-state index contributed by atoms with van der Waals surface area (Å²) in [6.45, 7) is 5.60. The maximum absolute atomic E-state index is 12.3. The Balaban J connectivity index is 2.17. The summed E-state index contributed by atoms with van der Waals surface area (Å²) in [5, 5.41) is 13.8. The van der Waals surface area contributed by atoms with Crippen molar-refractivity contribution in [1.29, 1.82) is 0 Å². The van der Waals surface area contributed by atoms with E-state index in [9.17, 15) is 14.7 Å². The van der Waals surface area contributed by atoms with Crippen molar-refractivity contribution in [3.8, 4) is 10.6 Å². The lowest BCUT2D eigenvalue weighted by Crippen LogP contribution is -2.41. The number of amides is 1. The number of carbonyl (C=O) groups is 2. The van der Waals surface area contributed by atoms with Crippen molar-refractivity contribution in [3.05, 3.63) is 40.9 Å². The molecule has 2 N–H and O–H groups in total. The Kier molecular flexibility index (Phi) is 5.50. The summed E-state index contributed by atoms with van der Waals surface area (Å²) < 4.78 is 0. The molecule has 2 heterocycles. The van der Waals surface area contributed by atoms with Crippen LogP contribution in [0, 0.1) is 12.8 Å². The lowest BCUT2D eigenvalue weighted by Gasteiger charge is -2.17. The van der Waals surface area contributed by atoms with Crippen molar-refractivity contribution in [1.82, 2.24) is 10.3 Å². The average molecular weight is 332 g/mol. The van der Waals surface area contributed by atoms with E-state index >= 15 is 0 Å². The van der Waals surface area contributed by atoms with E-state index in [1.807, 2.05) is 31.4 Å². The monoisotopic (exact) mass is 332 g/mol. The van der Waals surface area contributed by atoms with Gasteiger partial charge in [0.05, 0.1) is 21.8 Å². The van der Waals surface area contributed by atoms with Gasteiger partial charge in [0.25, 0.3) is 5.91 Å². The number of hydrogen-bond donors (Lipinski definition) is 2. The number of hydrogen-bond acceptors (Lipinski definition) is 4. The molecule has 0 saturated heterocycles. The second-order valence-corrected chi connectivity index (χ2v) is 6.75. The van der Waals surface area contributed by atoms with Crippen LogP contribution in [-0.4, -0.2) is 28.0 Å². The highest BCUT2D eigenvalue weighted by Gasteiger charge is 2.22. The number of aryl methyl sites for hydroxylation is 1. The Labute approximate surface area is 139 Å². The first-order valence-corrected chi connectivity index (χ1v) is 8.31. The molecule has 0 radical (unpaired) electrons. The number of nitrogens with zero attached hydrogens (tertiary/aromatic N) is 1. The summed E-state index contributed by atoms with van der Waals surface area (Å²) in [5.41, 5.74) is 1.80. The van der Waals surface area contributed by atoms with Gasteiger partial charge >= 0.3 is 5.97 Å². The van der Waals surface area contributed by atoms with Crippen molar-refractivity contribution in [3.63, 3.8) is 0 Å². The van der Waals surface area contributed by atoms with E-state index < -0.39 is 17.9 Å². The zero-order valence-corrected chi connectivity index (χ0v) is 14.2. The molecule has 23 heavy (non-hydrogen) atoms. The largest absolute Gasteiger partial charge is 0.480 e. The Bertz CT molecular complexity index is 696. The highest BCUT2D eigenvalue weighted by molar-refractivity contribution is 7.13. The van der Waals surface area contributed by atoms with Crippen molar-refractivity contribution >= 4 is 23.2 Å². The SMILES string of the molecule is Cc1nc(-c2cccs2)ccc1C(=O)N[C@H](CC(C)C)C(=O)O. The summed E-state index contributed by atoms with van der Waals surface area (Å²) in [6, 6.07) is 6.50. The molecule has 0 aliphatic heterocycles. The molecule has 0 aromatic carbocycles. The first kappa shape index (κ1) is 17.1. The second-order valence-electron chi connectivity index (χ2n) is 5.80. The van der Waals surface area contributed by atoms with Crippen LogP contribution in [-0.2, 0) is 4.79 Å². The van der Waals surface area contributed by atoms with Gasteiger partial charge in [0.2, 0.25) is 0 Å². The van der Waals surface area contributed by atoms with Crippen LogP contribution in [0.1, 0.15) is 36.3 Å². The number of carbonyl (C=O) groups excluding carboxylic acids is 1. The topological polar surface area (TPSA) is 79.3 Å². The first-order valence-electron chi connectivity index (χ1n) is 7.43. The van der Waals surface area contributed by atoms with Crippen LogP contribution in [0.4, 0.5) is 0 Å². The number of carboxylic acid groups (broad SMARTS) is 1. The van der Waals surface area contributed by atoms with E-state index in [2.05, 4.69) is 10.3 Å². The van der Waals surface area contributed by atoms with Crippen molar-refractivity contribution in [2.75, 3.05) is 0 Å². The molecule has 2 rings (SSSR count). The Morgan fingerprint density at radius 3 is 2.57 bits per heavy atom. The third-order valence-corrected chi connectivity index (χ3v) is 4.31. The molecule has 0 aliphatic carbocycles. The number of aromatic nitrogens is 1. The minimum absolute atomic E-state index is 0.178. The van der Waals surface area contributed by atoms with Gasteiger partial charge in [0, 0.05) is 0 Å². The van der Waals surface area contributed by atoms with Gasteiger partial charge < -0.3 is 10.4 Å². The van der Waals surface area contributed by atoms with Crippen LogP contribution >= 0.6 is 11.3 Å². The maximum Gasteiger partial charge on any atom is 0.326 e. The number of aliphatic carboxylic acids is 1. The van der Waals surface area contributed by atoms with Crippen LogP contribution in [0.25, 0.3) is 10.6 Å². The smallest absolute Gasteiger partial charge is 0.326 e. The highest BCUT2D eigenvalue weighted by atomic mass is 32.1. The third kappa shape index (κ3) is 4.39. The van der Waals surface area contributed by atoms with Crippen LogP contribution in [0.5, 0.6) is 0 Å². The molecule has 0 bridgehead atoms. The molecule has 0 aliphatic rings. The van der Waals surface area contributed by atoms with Gasteiger partial charge in [-0.05, 0) is 42.8 Å². The number of nitrogens with one attached hydrogen (secondary N) is 1. The van der Waals surface area contributed by atoms with E-state index in [0.717, 1.165) is 10.6 Å². The number of rotatable bonds is 6. The summed E-state index contributed by atoms with van der Waals surface area (Å²) >= 11 is 1.58. The van der Waals surface area contributed by atoms with E-state index in [1.54, 1.807) is 30.4 Å². The summed E-state index contributed by atoms with van der Waals surface area (Å²) in [6.07, 6.45) is 0.390. The molecular formula is C17H20N2O3S. The van der Waals surface area contributed by atoms with Crippen LogP contribution in [0.2, 0.25) is 0 Å². The van der Waals surface area contributed by atoms with Gasteiger partial charge in [-0.3, -0.25) is 9.78 Å². The van der Waals surface area contributed by atoms with Crippen LogP contribution < -0.4 is 5.32 Å². The van der Waals surface area contributed by atoms with Gasteiger partial charge in [-0.25, -0.2) is 4.79 Å². The van der Waals surface area contributed by atoms with Crippen LogP contribution in [0.15, 0.2) is 29.6 Å². The quantitative estimate of drug-likeness (QED) is 0.850. The first-order chi connectivity index (χ1) is 10.9. The van der Waals surface area contributed by atoms with Crippen molar-refractivity contribution < 1.29 is 14.7 Å². The number of carboxylic acids is 1. The van der Waals surface area contributed by atoms with Gasteiger partial charge in [-0.1, -0.05) is 19.9 Å². The molecule has 0 saturated carbocycles. The summed E-state index contributed by atoms with van der Waals surface area (Å²) in [5.74, 6) is -1.24. The second kappa shape index (κ2) is 7.37. The Morgan fingerprint density at radius 1 is 1.30 bits per heavy atom. The van der Waals surface area contributed by atoms with Gasteiger partial charge in [-0.2, -0.15) is 0 Å². The zero-order chi connectivity index (χ0) is 17.0. The number of thiophene rings is 1. The maximum atomic E-state index is 12.3. The molecule has 5 nitrogen and oxygen atoms in total. The van der Waals surface area contributed by atoms with Gasteiger partial charge in [-0.15, -0.1) is 11.3 Å². The van der Waals surface area contributed by atoms with E-state index in [0.29, 0.717) is 17.7 Å². The summed E-state index contributed by atoms with van der Waals surface area (Å²) in [4.78, 5) is 29.1. The van der Waals surface area contributed by atoms with Gasteiger partial charge in [0.15, 0.2) is 0 Å².